The molecular formula is C32H60N7O10P. The molecule has 5 unspecified atom stereocenters. The standard InChI is InChI=1S/C32H60N7O10P/c1-12-47-29(41)22(14-18(3)4)38(8)50(44,39(9)23(15-19(5)6)30(42)48-13-2)49-17-24(45-10)26(40)32(43)20(7)21(32)16-35-25-27(33)36-31(34)37-28(25)46-11/h18-24,26,35,40,43H,12-17H2,1-11H3,(H4,33,34,36,37)/t20?,21?,22-,23-,24?,26?,32?/m0/s1. The van der Waals surface area contributed by atoms with Crippen LogP contribution in [0, 0.1) is 23.7 Å². The number of hydrogen-bond donors (Lipinski definition) is 5. The van der Waals surface area contributed by atoms with Crippen LogP contribution in [0.3, 0.4) is 0 Å². The summed E-state index contributed by atoms with van der Waals surface area (Å²) in [6, 6.07) is -2.00. The van der Waals surface area contributed by atoms with Crippen LogP contribution in [0.5, 0.6) is 5.88 Å². The van der Waals surface area contributed by atoms with E-state index in [1.807, 2.05) is 27.7 Å². The van der Waals surface area contributed by atoms with Gasteiger partial charge in [-0.05, 0) is 58.5 Å². The van der Waals surface area contributed by atoms with Crippen molar-refractivity contribution in [2.45, 2.75) is 91.2 Å². The van der Waals surface area contributed by atoms with Gasteiger partial charge in [-0.25, -0.2) is 9.34 Å². The van der Waals surface area contributed by atoms with Gasteiger partial charge in [-0.3, -0.25) is 14.2 Å². The van der Waals surface area contributed by atoms with Crippen LogP contribution in [-0.4, -0.2) is 126 Å². The number of hydrogen-bond acceptors (Lipinski definition) is 15. The molecule has 7 atom stereocenters. The molecular weight excluding hydrogens is 673 g/mol. The number of nitrogen functional groups attached to an aromatic ring is 2. The number of aliphatic hydroxyl groups is 2. The van der Waals surface area contributed by atoms with Gasteiger partial charge in [0.1, 0.15) is 35.6 Å². The van der Waals surface area contributed by atoms with Gasteiger partial charge in [-0.15, -0.1) is 0 Å². The number of nitrogens with zero attached hydrogens (tertiary/aromatic N) is 4. The second kappa shape index (κ2) is 18.6. The Kier molecular flexibility index (Phi) is 16.2. The van der Waals surface area contributed by atoms with Gasteiger partial charge in [-0.2, -0.15) is 9.97 Å². The number of carbonyl (C=O) groups excluding carboxylic acids is 2. The van der Waals surface area contributed by atoms with E-state index in [2.05, 4.69) is 15.3 Å². The molecule has 1 aliphatic rings. The van der Waals surface area contributed by atoms with Crippen molar-refractivity contribution >= 4 is 37.1 Å². The number of carbonyl (C=O) groups is 2. The normalized spacial score (nSPS) is 21.6. The van der Waals surface area contributed by atoms with Crippen molar-refractivity contribution < 1.29 is 47.8 Å². The highest BCUT2D eigenvalue weighted by molar-refractivity contribution is 7.54. The fourth-order valence-electron chi connectivity index (χ4n) is 6.17. The molecule has 1 aliphatic carbocycles. The molecule has 0 amide bonds. The Bertz CT molecular complexity index is 1280. The third-order valence-electron chi connectivity index (χ3n) is 9.17. The van der Waals surface area contributed by atoms with Gasteiger partial charge in [-0.1, -0.05) is 34.6 Å². The molecule has 1 aromatic heterocycles. The molecule has 17 nitrogen and oxygen atoms in total. The molecule has 2 rings (SSSR count). The van der Waals surface area contributed by atoms with Gasteiger partial charge in [0.25, 0.3) is 0 Å². The Morgan fingerprint density at radius 2 is 1.48 bits per heavy atom. The van der Waals surface area contributed by atoms with E-state index in [9.17, 15) is 19.8 Å². The monoisotopic (exact) mass is 733 g/mol. The van der Waals surface area contributed by atoms with Crippen LogP contribution in [0.1, 0.15) is 61.3 Å². The van der Waals surface area contributed by atoms with Crippen molar-refractivity contribution in [1.29, 1.82) is 0 Å². The predicted molar refractivity (Wildman–Crippen MR) is 189 cm³/mol. The summed E-state index contributed by atoms with van der Waals surface area (Å²) in [6.45, 7) is 12.7. The molecule has 0 radical (unpaired) electrons. The van der Waals surface area contributed by atoms with Crippen LogP contribution >= 0.6 is 7.67 Å². The average molecular weight is 734 g/mol. The minimum absolute atomic E-state index is 0.00180. The lowest BCUT2D eigenvalue weighted by Gasteiger charge is -2.41. The summed E-state index contributed by atoms with van der Waals surface area (Å²) < 4.78 is 45.7. The van der Waals surface area contributed by atoms with E-state index in [0.29, 0.717) is 0 Å². The van der Waals surface area contributed by atoms with Crippen molar-refractivity contribution in [2.24, 2.45) is 23.7 Å². The Labute approximate surface area is 296 Å². The lowest BCUT2D eigenvalue weighted by Crippen LogP contribution is -2.49. The first-order valence-corrected chi connectivity index (χ1v) is 18.6. The first-order chi connectivity index (χ1) is 23.3. The number of methoxy groups -OCH3 is 2. The van der Waals surface area contributed by atoms with Crippen LogP contribution in [0.15, 0.2) is 0 Å². The van der Waals surface area contributed by atoms with Crippen LogP contribution in [-0.2, 0) is 32.9 Å². The van der Waals surface area contributed by atoms with Gasteiger partial charge in [0.05, 0.1) is 26.9 Å². The topological polar surface area (TPSA) is 234 Å². The highest BCUT2D eigenvalue weighted by atomic mass is 31.2. The van der Waals surface area contributed by atoms with Crippen LogP contribution in [0.4, 0.5) is 17.5 Å². The van der Waals surface area contributed by atoms with Gasteiger partial charge >= 0.3 is 19.6 Å². The molecule has 18 heteroatoms. The lowest BCUT2D eigenvalue weighted by molar-refractivity contribution is -0.149. The summed E-state index contributed by atoms with van der Waals surface area (Å²) in [4.78, 5) is 34.5. The zero-order valence-electron chi connectivity index (χ0n) is 31.4. The minimum atomic E-state index is -4.29. The Morgan fingerprint density at radius 3 is 1.90 bits per heavy atom. The van der Waals surface area contributed by atoms with E-state index in [-0.39, 0.29) is 67.8 Å². The SMILES string of the molecule is CCOC(=O)[C@H](CC(C)C)N(C)P(=O)(OCC(OC)C(O)C1(O)C(C)C1CNc1c(N)nc(N)nc1OC)N(C)[C@@H](CC(C)C)C(=O)OCC. The highest BCUT2D eigenvalue weighted by Gasteiger charge is 2.66. The number of aliphatic hydroxyl groups excluding tert-OH is 1. The van der Waals surface area contributed by atoms with E-state index in [4.69, 9.17) is 34.9 Å². The van der Waals surface area contributed by atoms with Crippen molar-refractivity contribution in [3.8, 4) is 5.88 Å². The summed E-state index contributed by atoms with van der Waals surface area (Å²) in [7, 11) is 1.40. The Balaban J connectivity index is 2.44. The highest BCUT2D eigenvalue weighted by Crippen LogP contribution is 2.57. The lowest BCUT2D eigenvalue weighted by atomic mass is 10.0. The summed E-state index contributed by atoms with van der Waals surface area (Å²) in [5, 5.41) is 26.3. The van der Waals surface area contributed by atoms with Crippen molar-refractivity contribution in [1.82, 2.24) is 19.3 Å². The Hall–Kier alpha value is -2.79. The smallest absolute Gasteiger partial charge is 0.347 e. The number of esters is 2. The van der Waals surface area contributed by atoms with Gasteiger partial charge < -0.3 is 50.5 Å². The first-order valence-electron chi connectivity index (χ1n) is 17.0. The number of rotatable bonds is 22. The number of nitrogens with two attached hydrogens (primary N) is 2. The van der Waals surface area contributed by atoms with E-state index >= 15 is 4.57 Å². The van der Waals surface area contributed by atoms with E-state index in [1.54, 1.807) is 20.8 Å². The maximum Gasteiger partial charge on any atom is 0.347 e. The third kappa shape index (κ3) is 9.96. The molecule has 0 aliphatic heterocycles. The van der Waals surface area contributed by atoms with E-state index in [0.717, 1.165) is 0 Å². The fourth-order valence-corrected chi connectivity index (χ4v) is 8.41. The Morgan fingerprint density at radius 1 is 0.980 bits per heavy atom. The summed E-state index contributed by atoms with van der Waals surface area (Å²) in [5.41, 5.74) is 10.3. The van der Waals surface area contributed by atoms with E-state index < -0.39 is 67.9 Å². The molecule has 7 N–H and O–H groups in total. The van der Waals surface area contributed by atoms with Crippen molar-refractivity contribution in [3.63, 3.8) is 0 Å². The van der Waals surface area contributed by atoms with Gasteiger partial charge in [0.15, 0.2) is 5.82 Å². The summed E-state index contributed by atoms with van der Waals surface area (Å²) in [5.74, 6) is -1.99. The van der Waals surface area contributed by atoms with Crippen molar-refractivity contribution in [2.75, 3.05) is 71.5 Å². The maximum atomic E-state index is 15.2. The van der Waals surface area contributed by atoms with Crippen molar-refractivity contribution in [3.05, 3.63) is 0 Å². The molecule has 50 heavy (non-hydrogen) atoms. The quantitative estimate of drug-likeness (QED) is 0.0850. The number of ether oxygens (including phenoxy) is 4. The number of nitrogens with one attached hydrogen (secondary N) is 1. The summed E-state index contributed by atoms with van der Waals surface area (Å²) in [6.07, 6.45) is -2.13. The van der Waals surface area contributed by atoms with Crippen LogP contribution in [0.2, 0.25) is 0 Å². The zero-order chi connectivity index (χ0) is 38.1. The zero-order valence-corrected chi connectivity index (χ0v) is 32.3. The molecule has 0 spiro atoms. The average Bonchev–Trinajstić information content (AvgIpc) is 3.59. The molecule has 1 heterocycles. The maximum absolute atomic E-state index is 15.2. The fraction of sp³-hybridized carbons (Fsp3) is 0.812. The molecule has 0 bridgehead atoms. The molecule has 1 aromatic rings. The van der Waals surface area contributed by atoms with E-state index in [1.165, 1.54) is 37.7 Å². The van der Waals surface area contributed by atoms with Crippen LogP contribution in [0.25, 0.3) is 0 Å². The first kappa shape index (κ1) is 43.4. The second-order valence-corrected chi connectivity index (χ2v) is 16.0. The molecule has 1 fully saturated rings. The third-order valence-corrected chi connectivity index (χ3v) is 11.8. The summed E-state index contributed by atoms with van der Waals surface area (Å²) >= 11 is 0. The predicted octanol–water partition coefficient (Wildman–Crippen LogP) is 2.38. The molecule has 0 saturated heterocycles. The molecule has 1 saturated carbocycles. The number of aromatic nitrogens is 2. The van der Waals surface area contributed by atoms with Crippen LogP contribution < -0.4 is 21.5 Å². The number of anilines is 3. The molecule has 288 valence electrons. The number of likely N-dealkylation sites (N-methyl/N-ethyl adjacent to an activating group) is 2. The van der Waals surface area contributed by atoms with Gasteiger partial charge in [0, 0.05) is 19.6 Å². The van der Waals surface area contributed by atoms with Gasteiger partial charge in [0.2, 0.25) is 11.8 Å². The second-order valence-electron chi connectivity index (χ2n) is 13.5. The minimum Gasteiger partial charge on any atom is -0.479 e. The largest absolute Gasteiger partial charge is 0.479 e. The molecule has 0 aromatic carbocycles.